The number of aliphatic hydroxyl groups excluding tert-OH is 1. The first-order valence-corrected chi connectivity index (χ1v) is 4.89. The molecule has 1 N–H and O–H groups in total. The molecule has 0 radical (unpaired) electrons. The van der Waals surface area contributed by atoms with Gasteiger partial charge in [0.15, 0.2) is 0 Å². The second-order valence-corrected chi connectivity index (χ2v) is 3.66. The second kappa shape index (κ2) is 3.95. The number of nitrogens with zero attached hydrogens (tertiary/aromatic N) is 1. The van der Waals surface area contributed by atoms with Crippen LogP contribution < -0.4 is 0 Å². The maximum Gasteiger partial charge on any atom is 0.0622 e. The molecule has 1 aliphatic heterocycles. The van der Waals surface area contributed by atoms with E-state index < -0.39 is 0 Å². The second-order valence-electron chi connectivity index (χ2n) is 3.66. The molecule has 0 aromatic heterocycles. The zero-order valence-electron chi connectivity index (χ0n) is 8.19. The Hall–Kier alpha value is -1.12. The van der Waals surface area contributed by atoms with Gasteiger partial charge in [-0.05, 0) is 11.1 Å². The molecule has 74 valence electrons. The summed E-state index contributed by atoms with van der Waals surface area (Å²) in [5.74, 6) is 0. The van der Waals surface area contributed by atoms with Crippen LogP contribution in [0.2, 0.25) is 0 Å². The van der Waals surface area contributed by atoms with Crippen molar-refractivity contribution in [2.75, 3.05) is 6.61 Å². The highest BCUT2D eigenvalue weighted by Crippen LogP contribution is 2.24. The van der Waals surface area contributed by atoms with Crippen LogP contribution in [0.25, 0.3) is 0 Å². The Morgan fingerprint density at radius 2 is 1.93 bits per heavy atom. The molecule has 0 amide bonds. The van der Waals surface area contributed by atoms with E-state index in [-0.39, 0.29) is 12.6 Å². The van der Waals surface area contributed by atoms with E-state index in [0.717, 1.165) is 13.1 Å². The van der Waals surface area contributed by atoms with E-state index in [1.54, 1.807) is 0 Å². The molecule has 1 atom stereocenters. The van der Waals surface area contributed by atoms with Crippen molar-refractivity contribution in [3.8, 4) is 0 Å². The number of aliphatic hydroxyl groups is 1. The van der Waals surface area contributed by atoms with Crippen LogP contribution in [0.15, 0.2) is 36.9 Å². The molecule has 2 rings (SSSR count). The Bertz CT molecular complexity index is 310. The molecule has 0 aliphatic carbocycles. The van der Waals surface area contributed by atoms with Gasteiger partial charge in [0.2, 0.25) is 0 Å². The van der Waals surface area contributed by atoms with Crippen molar-refractivity contribution in [3.63, 3.8) is 0 Å². The number of hydrogen-bond acceptors (Lipinski definition) is 2. The first kappa shape index (κ1) is 9.44. The highest BCUT2D eigenvalue weighted by Gasteiger charge is 2.22. The van der Waals surface area contributed by atoms with Gasteiger partial charge in [-0.1, -0.05) is 30.3 Å². The van der Waals surface area contributed by atoms with Crippen LogP contribution in [-0.4, -0.2) is 22.7 Å². The Kier molecular flexibility index (Phi) is 2.66. The zero-order chi connectivity index (χ0) is 9.97. The first-order chi connectivity index (χ1) is 6.85. The topological polar surface area (TPSA) is 23.5 Å². The van der Waals surface area contributed by atoms with Gasteiger partial charge in [0.05, 0.1) is 12.6 Å². The van der Waals surface area contributed by atoms with Crippen LogP contribution in [0.1, 0.15) is 11.1 Å². The molecule has 0 unspecified atom stereocenters. The Morgan fingerprint density at radius 3 is 2.36 bits per heavy atom. The third-order valence-electron chi connectivity index (χ3n) is 2.79. The van der Waals surface area contributed by atoms with Gasteiger partial charge in [-0.2, -0.15) is 0 Å². The van der Waals surface area contributed by atoms with Gasteiger partial charge in [-0.3, -0.25) is 4.90 Å². The van der Waals surface area contributed by atoms with E-state index in [9.17, 15) is 0 Å². The molecule has 0 bridgehead atoms. The van der Waals surface area contributed by atoms with Crippen molar-refractivity contribution >= 4 is 0 Å². The van der Waals surface area contributed by atoms with Crippen LogP contribution in [0.3, 0.4) is 0 Å². The van der Waals surface area contributed by atoms with E-state index in [1.165, 1.54) is 11.1 Å². The summed E-state index contributed by atoms with van der Waals surface area (Å²) in [6.45, 7) is 5.74. The summed E-state index contributed by atoms with van der Waals surface area (Å²) in [5, 5.41) is 9.15. The predicted molar refractivity (Wildman–Crippen MR) is 56.8 cm³/mol. The molecule has 1 aromatic carbocycles. The lowest BCUT2D eigenvalue weighted by Gasteiger charge is -2.22. The zero-order valence-corrected chi connectivity index (χ0v) is 8.19. The van der Waals surface area contributed by atoms with Crippen molar-refractivity contribution < 1.29 is 5.11 Å². The molecule has 2 heteroatoms. The molecule has 2 nitrogen and oxygen atoms in total. The van der Waals surface area contributed by atoms with Crippen molar-refractivity contribution in [1.29, 1.82) is 0 Å². The van der Waals surface area contributed by atoms with Crippen LogP contribution in [0, 0.1) is 0 Å². The molecule has 0 saturated carbocycles. The summed E-state index contributed by atoms with van der Waals surface area (Å²) in [6, 6.07) is 8.50. The highest BCUT2D eigenvalue weighted by atomic mass is 16.3. The third-order valence-corrected chi connectivity index (χ3v) is 2.79. The van der Waals surface area contributed by atoms with Gasteiger partial charge < -0.3 is 5.11 Å². The lowest BCUT2D eigenvalue weighted by Crippen LogP contribution is -2.31. The van der Waals surface area contributed by atoms with Crippen LogP contribution >= 0.6 is 0 Å². The van der Waals surface area contributed by atoms with Crippen molar-refractivity contribution in [2.45, 2.75) is 19.1 Å². The van der Waals surface area contributed by atoms with E-state index in [1.807, 2.05) is 6.08 Å². The quantitative estimate of drug-likeness (QED) is 0.729. The smallest absolute Gasteiger partial charge is 0.0622 e. The summed E-state index contributed by atoms with van der Waals surface area (Å²) in [6.07, 6.45) is 1.81. The Morgan fingerprint density at radius 1 is 1.36 bits per heavy atom. The Labute approximate surface area is 84.5 Å². The molecule has 1 aliphatic rings. The molecule has 1 heterocycles. The van der Waals surface area contributed by atoms with E-state index in [2.05, 4.69) is 35.7 Å². The number of rotatable bonds is 3. The fourth-order valence-electron chi connectivity index (χ4n) is 1.93. The standard InChI is InChI=1S/C12H15NO/c1-2-12(9-14)13-7-10-5-3-4-6-11(10)8-13/h2-6,12,14H,1,7-9H2/t12-/m0/s1. The van der Waals surface area contributed by atoms with E-state index in [4.69, 9.17) is 5.11 Å². The monoisotopic (exact) mass is 189 g/mol. The largest absolute Gasteiger partial charge is 0.394 e. The van der Waals surface area contributed by atoms with Gasteiger partial charge in [-0.25, -0.2) is 0 Å². The SMILES string of the molecule is C=C[C@@H](CO)N1Cc2ccccc2C1. The van der Waals surface area contributed by atoms with Crippen LogP contribution in [-0.2, 0) is 13.1 Å². The minimum Gasteiger partial charge on any atom is -0.394 e. The minimum atomic E-state index is 0.0856. The van der Waals surface area contributed by atoms with Gasteiger partial charge in [0.1, 0.15) is 0 Å². The number of fused-ring (bicyclic) bond motifs is 1. The van der Waals surface area contributed by atoms with Crippen molar-refractivity contribution in [3.05, 3.63) is 48.0 Å². The van der Waals surface area contributed by atoms with Gasteiger partial charge >= 0.3 is 0 Å². The molecule has 0 fully saturated rings. The van der Waals surface area contributed by atoms with E-state index >= 15 is 0 Å². The number of hydrogen-bond donors (Lipinski definition) is 1. The van der Waals surface area contributed by atoms with Crippen LogP contribution in [0.4, 0.5) is 0 Å². The Balaban J connectivity index is 2.14. The molecular weight excluding hydrogens is 174 g/mol. The van der Waals surface area contributed by atoms with Crippen LogP contribution in [0.5, 0.6) is 0 Å². The molecular formula is C12H15NO. The predicted octanol–water partition coefficient (Wildman–Crippen LogP) is 1.55. The molecule has 0 saturated heterocycles. The minimum absolute atomic E-state index is 0.0856. The summed E-state index contributed by atoms with van der Waals surface area (Å²) < 4.78 is 0. The fourth-order valence-corrected chi connectivity index (χ4v) is 1.93. The summed E-state index contributed by atoms with van der Waals surface area (Å²) >= 11 is 0. The maximum absolute atomic E-state index is 9.15. The van der Waals surface area contributed by atoms with Gasteiger partial charge in [0.25, 0.3) is 0 Å². The summed E-state index contributed by atoms with van der Waals surface area (Å²) in [5.41, 5.74) is 2.74. The number of benzene rings is 1. The molecule has 14 heavy (non-hydrogen) atoms. The molecule has 0 spiro atoms. The van der Waals surface area contributed by atoms with Crippen molar-refractivity contribution in [2.24, 2.45) is 0 Å². The highest BCUT2D eigenvalue weighted by molar-refractivity contribution is 5.30. The first-order valence-electron chi connectivity index (χ1n) is 4.89. The lowest BCUT2D eigenvalue weighted by atomic mass is 10.1. The average Bonchev–Trinajstić information content (AvgIpc) is 2.63. The van der Waals surface area contributed by atoms with Crippen molar-refractivity contribution in [1.82, 2.24) is 4.90 Å². The summed E-state index contributed by atoms with van der Waals surface area (Å²) in [7, 11) is 0. The normalized spacial score (nSPS) is 17.8. The third kappa shape index (κ3) is 1.59. The molecule has 1 aromatic rings. The van der Waals surface area contributed by atoms with Gasteiger partial charge in [0, 0.05) is 13.1 Å². The fraction of sp³-hybridized carbons (Fsp3) is 0.333. The summed E-state index contributed by atoms with van der Waals surface area (Å²) in [4.78, 5) is 2.23. The average molecular weight is 189 g/mol. The lowest BCUT2D eigenvalue weighted by molar-refractivity contribution is 0.152. The van der Waals surface area contributed by atoms with Gasteiger partial charge in [-0.15, -0.1) is 6.58 Å². The maximum atomic E-state index is 9.15. The van der Waals surface area contributed by atoms with E-state index in [0.29, 0.717) is 0 Å².